The van der Waals surface area contributed by atoms with Crippen LogP contribution in [0.3, 0.4) is 0 Å². The van der Waals surface area contributed by atoms with E-state index in [1.165, 1.54) is 18.2 Å². The van der Waals surface area contributed by atoms with E-state index in [1.54, 1.807) is 19.1 Å². The average Bonchev–Trinajstić information content (AvgIpc) is 3.36. The number of alkyl halides is 3. The molecule has 186 valence electrons. The van der Waals surface area contributed by atoms with E-state index < -0.39 is 39.9 Å². The van der Waals surface area contributed by atoms with E-state index in [-0.39, 0.29) is 21.6 Å². The first kappa shape index (κ1) is 24.1. The molecule has 0 saturated heterocycles. The third-order valence-electron chi connectivity index (χ3n) is 5.69. The molecule has 0 saturated carbocycles. The standard InChI is InChI=1S/C24H16F4N2O4S2/c1-13-16-4-2-3-5-21(16)35-22(13)30(12-14-6-8-18(25)17(10-14)24(26,27)28)36(32,33)15-7-9-19-20(11-15)34-23(31)29-19/h2-11H,12H2,1H3,(H,29,31). The third kappa shape index (κ3) is 4.16. The highest BCUT2D eigenvalue weighted by atomic mass is 32.2. The summed E-state index contributed by atoms with van der Waals surface area (Å²) < 4.78 is 88.4. The van der Waals surface area contributed by atoms with E-state index in [1.807, 2.05) is 12.1 Å². The van der Waals surface area contributed by atoms with Crippen LogP contribution in [0.4, 0.5) is 22.6 Å². The van der Waals surface area contributed by atoms with Crippen LogP contribution in [0.25, 0.3) is 21.2 Å². The number of sulfonamides is 1. The average molecular weight is 537 g/mol. The predicted molar refractivity (Wildman–Crippen MR) is 128 cm³/mol. The van der Waals surface area contributed by atoms with Crippen molar-refractivity contribution in [1.29, 1.82) is 0 Å². The third-order valence-corrected chi connectivity index (χ3v) is 8.84. The molecule has 2 aromatic heterocycles. The lowest BCUT2D eigenvalue weighted by molar-refractivity contribution is -0.140. The summed E-state index contributed by atoms with van der Waals surface area (Å²) in [6.07, 6.45) is -4.95. The van der Waals surface area contributed by atoms with Crippen molar-refractivity contribution in [3.63, 3.8) is 0 Å². The summed E-state index contributed by atoms with van der Waals surface area (Å²) in [5.74, 6) is -2.21. The van der Waals surface area contributed by atoms with Gasteiger partial charge in [0.25, 0.3) is 10.0 Å². The Bertz CT molecular complexity index is 1790. The Morgan fingerprint density at radius 2 is 1.81 bits per heavy atom. The van der Waals surface area contributed by atoms with Gasteiger partial charge < -0.3 is 4.42 Å². The summed E-state index contributed by atoms with van der Waals surface area (Å²) in [6.45, 7) is 1.23. The largest absolute Gasteiger partial charge is 0.419 e. The van der Waals surface area contributed by atoms with Crippen molar-refractivity contribution in [1.82, 2.24) is 4.98 Å². The van der Waals surface area contributed by atoms with Gasteiger partial charge in [-0.1, -0.05) is 24.3 Å². The molecule has 6 nitrogen and oxygen atoms in total. The maximum atomic E-state index is 13.9. The van der Waals surface area contributed by atoms with Gasteiger partial charge >= 0.3 is 11.9 Å². The zero-order valence-corrected chi connectivity index (χ0v) is 20.0. The molecule has 0 fully saturated rings. The topological polar surface area (TPSA) is 83.4 Å². The van der Waals surface area contributed by atoms with Crippen molar-refractivity contribution in [2.45, 2.75) is 24.5 Å². The number of nitrogens with zero attached hydrogens (tertiary/aromatic N) is 1. The van der Waals surface area contributed by atoms with Crippen molar-refractivity contribution in [3.05, 3.63) is 93.7 Å². The Morgan fingerprint density at radius 3 is 2.53 bits per heavy atom. The van der Waals surface area contributed by atoms with E-state index in [4.69, 9.17) is 4.42 Å². The van der Waals surface area contributed by atoms with Crippen molar-refractivity contribution in [2.24, 2.45) is 0 Å². The number of thiophene rings is 1. The van der Waals surface area contributed by atoms with E-state index in [0.29, 0.717) is 22.7 Å². The number of aromatic nitrogens is 1. The van der Waals surface area contributed by atoms with Crippen LogP contribution in [0, 0.1) is 12.7 Å². The molecule has 0 spiro atoms. The molecule has 0 aliphatic heterocycles. The fraction of sp³-hybridized carbons (Fsp3) is 0.125. The number of halogens is 4. The van der Waals surface area contributed by atoms with Gasteiger partial charge in [-0.2, -0.15) is 13.2 Å². The molecule has 2 heterocycles. The van der Waals surface area contributed by atoms with Crippen LogP contribution in [0.1, 0.15) is 16.7 Å². The van der Waals surface area contributed by atoms with Gasteiger partial charge in [-0.15, -0.1) is 11.3 Å². The SMILES string of the molecule is Cc1c(N(Cc2ccc(F)c(C(F)(F)F)c2)S(=O)(=O)c2ccc3[nH]c(=O)oc3c2)sc2ccccc12. The smallest absolute Gasteiger partial charge is 0.408 e. The number of anilines is 1. The number of H-pyrrole nitrogens is 1. The van der Waals surface area contributed by atoms with Crippen molar-refractivity contribution in [2.75, 3.05) is 4.31 Å². The van der Waals surface area contributed by atoms with E-state index in [9.17, 15) is 30.8 Å². The Hall–Kier alpha value is -3.64. The monoisotopic (exact) mass is 536 g/mol. The zero-order valence-electron chi connectivity index (χ0n) is 18.4. The van der Waals surface area contributed by atoms with Crippen molar-refractivity contribution >= 4 is 47.5 Å². The van der Waals surface area contributed by atoms with Gasteiger partial charge in [0.05, 0.1) is 22.5 Å². The fourth-order valence-corrected chi connectivity index (χ4v) is 6.88. The van der Waals surface area contributed by atoms with Crippen LogP contribution < -0.4 is 10.1 Å². The summed E-state index contributed by atoms with van der Waals surface area (Å²) in [4.78, 5) is 13.7. The van der Waals surface area contributed by atoms with Crippen LogP contribution >= 0.6 is 11.3 Å². The second-order valence-corrected chi connectivity index (χ2v) is 10.9. The molecular weight excluding hydrogens is 520 g/mol. The van der Waals surface area contributed by atoms with Gasteiger partial charge in [0.1, 0.15) is 10.8 Å². The number of aryl methyl sites for hydroxylation is 1. The molecule has 3 aromatic carbocycles. The minimum atomic E-state index is -4.95. The number of nitrogens with one attached hydrogen (secondary N) is 1. The number of benzene rings is 3. The second-order valence-electron chi connectivity index (χ2n) is 8.02. The molecule has 0 aliphatic rings. The molecule has 5 aromatic rings. The zero-order chi connectivity index (χ0) is 25.8. The molecule has 0 unspecified atom stereocenters. The second kappa shape index (κ2) is 8.49. The van der Waals surface area contributed by atoms with Crippen LogP contribution in [-0.2, 0) is 22.7 Å². The highest BCUT2D eigenvalue weighted by Crippen LogP contribution is 2.41. The Balaban J connectivity index is 1.69. The van der Waals surface area contributed by atoms with E-state index >= 15 is 0 Å². The summed E-state index contributed by atoms with van der Waals surface area (Å²) in [5.41, 5.74) is -0.627. The van der Waals surface area contributed by atoms with Gasteiger partial charge in [-0.3, -0.25) is 9.29 Å². The molecule has 0 amide bonds. The van der Waals surface area contributed by atoms with Gasteiger partial charge in [0.2, 0.25) is 0 Å². The van der Waals surface area contributed by atoms with Crippen molar-refractivity contribution in [3.8, 4) is 0 Å². The quantitative estimate of drug-likeness (QED) is 0.271. The summed E-state index contributed by atoms with van der Waals surface area (Å²) in [6, 6.07) is 13.4. The Morgan fingerprint density at radius 1 is 1.06 bits per heavy atom. The molecule has 36 heavy (non-hydrogen) atoms. The van der Waals surface area contributed by atoms with Gasteiger partial charge in [-0.25, -0.2) is 17.6 Å². The first-order valence-electron chi connectivity index (χ1n) is 10.4. The lowest BCUT2D eigenvalue weighted by atomic mass is 10.1. The van der Waals surface area contributed by atoms with Gasteiger partial charge in [0.15, 0.2) is 5.58 Å². The molecule has 0 radical (unpaired) electrons. The molecular formula is C24H16F4N2O4S2. The predicted octanol–water partition coefficient (Wildman–Crippen LogP) is 6.20. The van der Waals surface area contributed by atoms with E-state index in [2.05, 4.69) is 4.98 Å². The molecule has 0 atom stereocenters. The molecule has 5 rings (SSSR count). The number of hydrogen-bond acceptors (Lipinski definition) is 5. The summed E-state index contributed by atoms with van der Waals surface area (Å²) in [7, 11) is -4.37. The molecule has 1 N–H and O–H groups in total. The summed E-state index contributed by atoms with van der Waals surface area (Å²) in [5, 5.41) is 1.09. The number of aromatic amines is 1. The minimum absolute atomic E-state index is 0.00947. The van der Waals surface area contributed by atoms with Crippen molar-refractivity contribution < 1.29 is 30.4 Å². The maximum absolute atomic E-state index is 13.9. The van der Waals surface area contributed by atoms with Crippen LogP contribution in [0.15, 0.2) is 74.8 Å². The lowest BCUT2D eigenvalue weighted by Crippen LogP contribution is -2.30. The van der Waals surface area contributed by atoms with Crippen LogP contribution in [-0.4, -0.2) is 13.4 Å². The first-order valence-corrected chi connectivity index (χ1v) is 12.7. The normalized spacial score (nSPS) is 12.5. The highest BCUT2D eigenvalue weighted by Gasteiger charge is 2.35. The first-order chi connectivity index (χ1) is 16.9. The van der Waals surface area contributed by atoms with Crippen LogP contribution in [0.2, 0.25) is 0 Å². The fourth-order valence-electron chi connectivity index (χ4n) is 3.93. The Kier molecular flexibility index (Phi) is 5.67. The molecule has 0 aliphatic carbocycles. The molecule has 12 heteroatoms. The summed E-state index contributed by atoms with van der Waals surface area (Å²) >= 11 is 1.16. The van der Waals surface area contributed by atoms with Crippen LogP contribution in [0.5, 0.6) is 0 Å². The van der Waals surface area contributed by atoms with E-state index in [0.717, 1.165) is 31.8 Å². The van der Waals surface area contributed by atoms with Gasteiger partial charge in [0, 0.05) is 10.8 Å². The molecule has 0 bridgehead atoms. The van der Waals surface area contributed by atoms with Gasteiger partial charge in [-0.05, 0) is 53.8 Å². The number of oxazole rings is 1. The minimum Gasteiger partial charge on any atom is -0.408 e. The number of fused-ring (bicyclic) bond motifs is 2. The number of hydrogen-bond donors (Lipinski definition) is 1. The Labute approximate surface area is 205 Å². The lowest BCUT2D eigenvalue weighted by Gasteiger charge is -2.24. The highest BCUT2D eigenvalue weighted by molar-refractivity contribution is 7.93. The number of rotatable bonds is 5. The maximum Gasteiger partial charge on any atom is 0.419 e.